The van der Waals surface area contributed by atoms with Crippen molar-refractivity contribution in [3.05, 3.63) is 52.5 Å². The standard InChI is InChI=1S/C15H12ClF3N2O2/c1-23-13-7-12(20)11(16)6-10(13)14(22)21-9-4-2-3-8(5-9)15(17,18)19/h2-7H,20H2,1H3,(H,21,22). The van der Waals surface area contributed by atoms with Gasteiger partial charge in [0, 0.05) is 11.8 Å². The number of rotatable bonds is 3. The van der Waals surface area contributed by atoms with Gasteiger partial charge in [-0.2, -0.15) is 13.2 Å². The van der Waals surface area contributed by atoms with E-state index in [-0.39, 0.29) is 27.7 Å². The van der Waals surface area contributed by atoms with Gasteiger partial charge in [0.15, 0.2) is 0 Å². The molecule has 0 radical (unpaired) electrons. The number of hydrogen-bond acceptors (Lipinski definition) is 3. The summed E-state index contributed by atoms with van der Waals surface area (Å²) in [6.07, 6.45) is -4.50. The fourth-order valence-electron chi connectivity index (χ4n) is 1.89. The van der Waals surface area contributed by atoms with Gasteiger partial charge in [0.25, 0.3) is 5.91 Å². The smallest absolute Gasteiger partial charge is 0.416 e. The molecule has 0 unspecified atom stereocenters. The summed E-state index contributed by atoms with van der Waals surface area (Å²) in [6.45, 7) is 0. The molecular weight excluding hydrogens is 333 g/mol. The minimum absolute atomic E-state index is 0.000162. The number of carbonyl (C=O) groups is 1. The SMILES string of the molecule is COc1cc(N)c(Cl)cc1C(=O)Nc1cccc(C(F)(F)F)c1. The normalized spacial score (nSPS) is 11.2. The topological polar surface area (TPSA) is 64.3 Å². The Bertz CT molecular complexity index is 748. The summed E-state index contributed by atoms with van der Waals surface area (Å²) in [6, 6.07) is 6.95. The zero-order valence-electron chi connectivity index (χ0n) is 11.9. The number of nitrogen functional groups attached to an aromatic ring is 1. The molecule has 8 heteroatoms. The summed E-state index contributed by atoms with van der Waals surface area (Å²) < 4.78 is 43.1. The number of nitrogens with one attached hydrogen (secondary N) is 1. The Balaban J connectivity index is 2.31. The molecule has 0 spiro atoms. The van der Waals surface area contributed by atoms with E-state index in [1.165, 1.54) is 31.4 Å². The molecule has 2 rings (SSSR count). The van der Waals surface area contributed by atoms with Crippen LogP contribution in [0.4, 0.5) is 24.5 Å². The monoisotopic (exact) mass is 344 g/mol. The van der Waals surface area contributed by atoms with Crippen LogP contribution in [-0.4, -0.2) is 13.0 Å². The second-order valence-electron chi connectivity index (χ2n) is 4.61. The number of methoxy groups -OCH3 is 1. The van der Waals surface area contributed by atoms with Crippen LogP contribution < -0.4 is 15.8 Å². The van der Waals surface area contributed by atoms with E-state index < -0.39 is 17.6 Å². The number of benzene rings is 2. The second-order valence-corrected chi connectivity index (χ2v) is 5.01. The Kier molecular flexibility index (Phi) is 4.70. The fraction of sp³-hybridized carbons (Fsp3) is 0.133. The van der Waals surface area contributed by atoms with Gasteiger partial charge in [0.2, 0.25) is 0 Å². The molecule has 0 atom stereocenters. The highest BCUT2D eigenvalue weighted by Crippen LogP contribution is 2.32. The lowest BCUT2D eigenvalue weighted by molar-refractivity contribution is -0.137. The molecule has 0 saturated heterocycles. The Morgan fingerprint density at radius 2 is 1.96 bits per heavy atom. The Morgan fingerprint density at radius 1 is 1.26 bits per heavy atom. The van der Waals surface area contributed by atoms with Crippen molar-refractivity contribution in [2.24, 2.45) is 0 Å². The number of ether oxygens (including phenoxy) is 1. The van der Waals surface area contributed by atoms with E-state index in [4.69, 9.17) is 22.1 Å². The van der Waals surface area contributed by atoms with Gasteiger partial charge in [-0.15, -0.1) is 0 Å². The minimum atomic E-state index is -4.50. The maximum atomic E-state index is 12.7. The molecule has 3 N–H and O–H groups in total. The summed E-state index contributed by atoms with van der Waals surface area (Å²) in [4.78, 5) is 12.2. The van der Waals surface area contributed by atoms with Crippen LogP contribution >= 0.6 is 11.6 Å². The van der Waals surface area contributed by atoms with Crippen LogP contribution in [0.5, 0.6) is 5.75 Å². The third kappa shape index (κ3) is 3.87. The molecule has 4 nitrogen and oxygen atoms in total. The molecule has 0 bridgehead atoms. The molecule has 2 aromatic rings. The molecule has 2 aromatic carbocycles. The summed E-state index contributed by atoms with van der Waals surface area (Å²) >= 11 is 5.87. The first-order chi connectivity index (χ1) is 10.7. The van der Waals surface area contributed by atoms with E-state index in [2.05, 4.69) is 5.32 Å². The summed E-state index contributed by atoms with van der Waals surface area (Å²) in [5.74, 6) is -0.501. The zero-order valence-corrected chi connectivity index (χ0v) is 12.6. The number of carbonyl (C=O) groups excluding carboxylic acids is 1. The lowest BCUT2D eigenvalue weighted by Gasteiger charge is -2.12. The Hall–Kier alpha value is -2.41. The molecule has 0 fully saturated rings. The molecule has 122 valence electrons. The van der Waals surface area contributed by atoms with E-state index in [1.54, 1.807) is 0 Å². The maximum Gasteiger partial charge on any atom is 0.416 e. The lowest BCUT2D eigenvalue weighted by Crippen LogP contribution is -2.14. The maximum absolute atomic E-state index is 12.7. The Morgan fingerprint density at radius 3 is 2.57 bits per heavy atom. The van der Waals surface area contributed by atoms with Gasteiger partial charge in [0.05, 0.1) is 28.9 Å². The van der Waals surface area contributed by atoms with Crippen LogP contribution in [0.25, 0.3) is 0 Å². The second kappa shape index (κ2) is 6.37. The van der Waals surface area contributed by atoms with Gasteiger partial charge >= 0.3 is 6.18 Å². The average Bonchev–Trinajstić information content (AvgIpc) is 2.48. The number of halogens is 4. The van der Waals surface area contributed by atoms with E-state index in [1.807, 2.05) is 0 Å². The molecule has 23 heavy (non-hydrogen) atoms. The largest absolute Gasteiger partial charge is 0.496 e. The van der Waals surface area contributed by atoms with Gasteiger partial charge < -0.3 is 15.8 Å². The van der Waals surface area contributed by atoms with Crippen LogP contribution in [0, 0.1) is 0 Å². The third-order valence-corrected chi connectivity index (χ3v) is 3.34. The van der Waals surface area contributed by atoms with Gasteiger partial charge in [-0.3, -0.25) is 4.79 Å². The number of anilines is 2. The van der Waals surface area contributed by atoms with Crippen molar-refractivity contribution in [1.82, 2.24) is 0 Å². The lowest BCUT2D eigenvalue weighted by atomic mass is 10.1. The molecule has 0 heterocycles. The first-order valence-corrected chi connectivity index (χ1v) is 6.72. The first-order valence-electron chi connectivity index (χ1n) is 6.34. The van der Waals surface area contributed by atoms with Crippen LogP contribution in [0.15, 0.2) is 36.4 Å². The van der Waals surface area contributed by atoms with Crippen LogP contribution in [0.2, 0.25) is 5.02 Å². The predicted molar refractivity (Wildman–Crippen MR) is 81.8 cm³/mol. The number of hydrogen-bond donors (Lipinski definition) is 2. The van der Waals surface area contributed by atoms with E-state index in [0.29, 0.717) is 0 Å². The average molecular weight is 345 g/mol. The van der Waals surface area contributed by atoms with Crippen molar-refractivity contribution in [3.8, 4) is 5.75 Å². The van der Waals surface area contributed by atoms with E-state index in [9.17, 15) is 18.0 Å². The Labute approximate surface area is 135 Å². The van der Waals surface area contributed by atoms with Crippen LogP contribution in [0.1, 0.15) is 15.9 Å². The first kappa shape index (κ1) is 17.0. The summed E-state index contributed by atoms with van der Waals surface area (Å²) in [7, 11) is 1.34. The van der Waals surface area contributed by atoms with E-state index >= 15 is 0 Å². The van der Waals surface area contributed by atoms with Gasteiger partial charge in [-0.25, -0.2) is 0 Å². The minimum Gasteiger partial charge on any atom is -0.496 e. The van der Waals surface area contributed by atoms with Crippen molar-refractivity contribution >= 4 is 28.9 Å². The van der Waals surface area contributed by atoms with Crippen molar-refractivity contribution in [3.63, 3.8) is 0 Å². The number of nitrogens with two attached hydrogens (primary N) is 1. The number of alkyl halides is 3. The highest BCUT2D eigenvalue weighted by atomic mass is 35.5. The van der Waals surface area contributed by atoms with Crippen molar-refractivity contribution in [2.45, 2.75) is 6.18 Å². The predicted octanol–water partition coefficient (Wildman–Crippen LogP) is 4.20. The fourth-order valence-corrected chi connectivity index (χ4v) is 2.05. The number of amides is 1. The van der Waals surface area contributed by atoms with Gasteiger partial charge in [-0.1, -0.05) is 17.7 Å². The molecule has 0 aliphatic carbocycles. The summed E-state index contributed by atoms with van der Waals surface area (Å²) in [5.41, 5.74) is 5.03. The highest BCUT2D eigenvalue weighted by Gasteiger charge is 2.30. The van der Waals surface area contributed by atoms with Gasteiger partial charge in [0.1, 0.15) is 5.75 Å². The highest BCUT2D eigenvalue weighted by molar-refractivity contribution is 6.33. The molecule has 0 aliphatic heterocycles. The van der Waals surface area contributed by atoms with Crippen molar-refractivity contribution in [1.29, 1.82) is 0 Å². The molecular formula is C15H12ClF3N2O2. The van der Waals surface area contributed by atoms with E-state index in [0.717, 1.165) is 12.1 Å². The van der Waals surface area contributed by atoms with Crippen LogP contribution in [0.3, 0.4) is 0 Å². The summed E-state index contributed by atoms with van der Waals surface area (Å²) in [5, 5.41) is 2.51. The molecule has 0 aliphatic rings. The van der Waals surface area contributed by atoms with Crippen molar-refractivity contribution < 1.29 is 22.7 Å². The van der Waals surface area contributed by atoms with Crippen molar-refractivity contribution in [2.75, 3.05) is 18.2 Å². The third-order valence-electron chi connectivity index (χ3n) is 3.01. The quantitative estimate of drug-likeness (QED) is 0.820. The van der Waals surface area contributed by atoms with Crippen LogP contribution in [-0.2, 0) is 6.18 Å². The van der Waals surface area contributed by atoms with Gasteiger partial charge in [-0.05, 0) is 24.3 Å². The molecule has 0 saturated carbocycles. The zero-order chi connectivity index (χ0) is 17.2. The molecule has 1 amide bonds. The molecule has 0 aromatic heterocycles.